The summed E-state index contributed by atoms with van der Waals surface area (Å²) in [5.41, 5.74) is 5.51. The first-order valence-corrected chi connectivity index (χ1v) is 4.58. The van der Waals surface area contributed by atoms with E-state index in [9.17, 15) is 13.6 Å². The zero-order valence-electron chi connectivity index (χ0n) is 8.45. The number of hydrogen-bond donors (Lipinski definition) is 1. The molecule has 2 N–H and O–H groups in total. The number of carbonyl (C=O) groups excluding carboxylic acids is 1. The van der Waals surface area contributed by atoms with Gasteiger partial charge in [-0.1, -0.05) is 6.07 Å². The van der Waals surface area contributed by atoms with E-state index in [0.29, 0.717) is 11.3 Å². The summed E-state index contributed by atoms with van der Waals surface area (Å²) in [6.45, 7) is 1.56. The Balaban J connectivity index is 2.88. The number of imidazole rings is 1. The molecule has 1 amide bonds. The molecular formula is C10H9F2N3O. The van der Waals surface area contributed by atoms with Gasteiger partial charge in [0.15, 0.2) is 0 Å². The predicted octanol–water partition coefficient (Wildman–Crippen LogP) is 1.68. The summed E-state index contributed by atoms with van der Waals surface area (Å²) >= 11 is 0. The topological polar surface area (TPSA) is 60.4 Å². The van der Waals surface area contributed by atoms with Crippen LogP contribution in [0.15, 0.2) is 18.2 Å². The van der Waals surface area contributed by atoms with E-state index >= 15 is 0 Å². The average Bonchev–Trinajstić information content (AvgIpc) is 2.52. The molecule has 0 aliphatic heterocycles. The number of nitrogens with zero attached hydrogens (tertiary/aromatic N) is 2. The molecule has 0 aliphatic rings. The summed E-state index contributed by atoms with van der Waals surface area (Å²) in [4.78, 5) is 15.2. The van der Waals surface area contributed by atoms with Crippen molar-refractivity contribution in [2.24, 2.45) is 5.73 Å². The normalized spacial score (nSPS) is 11.2. The Kier molecular flexibility index (Phi) is 2.34. The van der Waals surface area contributed by atoms with E-state index < -0.39 is 12.3 Å². The van der Waals surface area contributed by atoms with Gasteiger partial charge in [0.1, 0.15) is 11.3 Å². The second-order valence-electron chi connectivity index (χ2n) is 3.36. The van der Waals surface area contributed by atoms with E-state index in [1.807, 2.05) is 0 Å². The van der Waals surface area contributed by atoms with Gasteiger partial charge in [-0.25, -0.2) is 13.8 Å². The third-order valence-corrected chi connectivity index (χ3v) is 2.31. The Labute approximate surface area is 89.7 Å². The number of nitrogens with two attached hydrogens (primary N) is 1. The lowest BCUT2D eigenvalue weighted by molar-refractivity contribution is 0.0991. The second-order valence-corrected chi connectivity index (χ2v) is 3.36. The molecule has 0 saturated heterocycles. The fraction of sp³-hybridized carbons (Fsp3) is 0.200. The number of carbonyl (C=O) groups is 1. The van der Waals surface area contributed by atoms with Crippen molar-refractivity contribution < 1.29 is 13.6 Å². The number of rotatable bonds is 2. The molecule has 84 valence electrons. The van der Waals surface area contributed by atoms with Gasteiger partial charge in [-0.3, -0.25) is 9.20 Å². The highest BCUT2D eigenvalue weighted by Crippen LogP contribution is 2.22. The first-order chi connectivity index (χ1) is 7.52. The molecule has 4 nitrogen and oxygen atoms in total. The molecule has 2 rings (SSSR count). The van der Waals surface area contributed by atoms with Gasteiger partial charge in [0.25, 0.3) is 12.3 Å². The van der Waals surface area contributed by atoms with E-state index in [1.165, 1.54) is 12.1 Å². The van der Waals surface area contributed by atoms with Crippen LogP contribution < -0.4 is 5.73 Å². The van der Waals surface area contributed by atoms with Crippen LogP contribution in [0.25, 0.3) is 5.65 Å². The highest BCUT2D eigenvalue weighted by molar-refractivity contribution is 5.93. The molecule has 0 aliphatic carbocycles. The lowest BCUT2D eigenvalue weighted by atomic mass is 10.3. The molecule has 2 heterocycles. The van der Waals surface area contributed by atoms with Crippen molar-refractivity contribution in [2.75, 3.05) is 0 Å². The lowest BCUT2D eigenvalue weighted by Crippen LogP contribution is -2.16. The maximum absolute atomic E-state index is 12.7. The Morgan fingerprint density at radius 1 is 1.50 bits per heavy atom. The number of aryl methyl sites for hydroxylation is 1. The van der Waals surface area contributed by atoms with Gasteiger partial charge >= 0.3 is 0 Å². The Morgan fingerprint density at radius 3 is 2.75 bits per heavy atom. The number of aromatic nitrogens is 2. The average molecular weight is 225 g/mol. The lowest BCUT2D eigenvalue weighted by Gasteiger charge is -2.06. The van der Waals surface area contributed by atoms with E-state index in [2.05, 4.69) is 4.98 Å². The fourth-order valence-electron chi connectivity index (χ4n) is 1.69. The molecule has 0 bridgehead atoms. The predicted molar refractivity (Wildman–Crippen MR) is 53.4 cm³/mol. The van der Waals surface area contributed by atoms with E-state index in [-0.39, 0.29) is 11.4 Å². The summed E-state index contributed by atoms with van der Waals surface area (Å²) in [6, 6.07) is 4.25. The SMILES string of the molecule is Cc1nc2cccc(C(F)F)n2c1C(N)=O. The highest BCUT2D eigenvalue weighted by atomic mass is 19.3. The molecule has 0 atom stereocenters. The van der Waals surface area contributed by atoms with Crippen molar-refractivity contribution in [3.63, 3.8) is 0 Å². The number of alkyl halides is 2. The van der Waals surface area contributed by atoms with Crippen LogP contribution in [-0.2, 0) is 0 Å². The monoisotopic (exact) mass is 225 g/mol. The van der Waals surface area contributed by atoms with Gasteiger partial charge in [-0.2, -0.15) is 0 Å². The molecule has 16 heavy (non-hydrogen) atoms. The maximum Gasteiger partial charge on any atom is 0.278 e. The molecule has 0 spiro atoms. The molecule has 6 heteroatoms. The minimum absolute atomic E-state index is 0.00546. The molecule has 0 fully saturated rings. The van der Waals surface area contributed by atoms with Crippen molar-refractivity contribution in [3.05, 3.63) is 35.3 Å². The number of pyridine rings is 1. The smallest absolute Gasteiger partial charge is 0.278 e. The number of amides is 1. The van der Waals surface area contributed by atoms with E-state index in [4.69, 9.17) is 5.73 Å². The molecular weight excluding hydrogens is 216 g/mol. The minimum atomic E-state index is -2.68. The quantitative estimate of drug-likeness (QED) is 0.845. The Hall–Kier alpha value is -1.98. The van der Waals surface area contributed by atoms with Crippen molar-refractivity contribution in [1.82, 2.24) is 9.38 Å². The van der Waals surface area contributed by atoms with Gasteiger partial charge in [0.05, 0.1) is 11.4 Å². The van der Waals surface area contributed by atoms with Crippen LogP contribution in [0.3, 0.4) is 0 Å². The van der Waals surface area contributed by atoms with Gasteiger partial charge in [0.2, 0.25) is 0 Å². The van der Waals surface area contributed by atoms with Crippen LogP contribution >= 0.6 is 0 Å². The first kappa shape index (κ1) is 10.5. The van der Waals surface area contributed by atoms with Crippen LogP contribution in [0, 0.1) is 6.92 Å². The summed E-state index contributed by atoms with van der Waals surface area (Å²) in [7, 11) is 0. The largest absolute Gasteiger partial charge is 0.364 e. The zero-order chi connectivity index (χ0) is 11.9. The number of fused-ring (bicyclic) bond motifs is 1. The van der Waals surface area contributed by atoms with Crippen LogP contribution in [0.1, 0.15) is 28.3 Å². The minimum Gasteiger partial charge on any atom is -0.364 e. The highest BCUT2D eigenvalue weighted by Gasteiger charge is 2.19. The van der Waals surface area contributed by atoms with Crippen molar-refractivity contribution in [1.29, 1.82) is 0 Å². The fourth-order valence-corrected chi connectivity index (χ4v) is 1.69. The first-order valence-electron chi connectivity index (χ1n) is 4.58. The third kappa shape index (κ3) is 1.42. The van der Waals surface area contributed by atoms with Gasteiger partial charge in [-0.15, -0.1) is 0 Å². The number of primary amides is 1. The van der Waals surface area contributed by atoms with Crippen molar-refractivity contribution >= 4 is 11.6 Å². The van der Waals surface area contributed by atoms with Gasteiger partial charge < -0.3 is 5.73 Å². The number of halogens is 2. The second kappa shape index (κ2) is 3.55. The molecule has 2 aromatic heterocycles. The summed E-state index contributed by atoms with van der Waals surface area (Å²) in [5.74, 6) is -0.766. The van der Waals surface area contributed by atoms with Crippen LogP contribution in [0.2, 0.25) is 0 Å². The van der Waals surface area contributed by atoms with E-state index in [0.717, 1.165) is 4.40 Å². The maximum atomic E-state index is 12.7. The van der Waals surface area contributed by atoms with Gasteiger partial charge in [-0.05, 0) is 19.1 Å². The van der Waals surface area contributed by atoms with Crippen LogP contribution in [-0.4, -0.2) is 15.3 Å². The Morgan fingerprint density at radius 2 is 2.19 bits per heavy atom. The molecule has 0 aromatic carbocycles. The summed E-state index contributed by atoms with van der Waals surface area (Å²) < 4.78 is 26.6. The number of hydrogen-bond acceptors (Lipinski definition) is 2. The van der Waals surface area contributed by atoms with Crippen LogP contribution in [0.4, 0.5) is 8.78 Å². The molecule has 0 unspecified atom stereocenters. The van der Waals surface area contributed by atoms with Crippen LogP contribution in [0.5, 0.6) is 0 Å². The third-order valence-electron chi connectivity index (χ3n) is 2.31. The summed E-state index contributed by atoms with van der Waals surface area (Å²) in [6.07, 6.45) is -2.68. The van der Waals surface area contributed by atoms with Crippen molar-refractivity contribution in [3.8, 4) is 0 Å². The molecule has 2 aromatic rings. The molecule has 0 saturated carbocycles. The Bertz CT molecular complexity index is 562. The van der Waals surface area contributed by atoms with E-state index in [1.54, 1.807) is 13.0 Å². The molecule has 0 radical (unpaired) electrons. The standard InChI is InChI=1S/C10H9F2N3O/c1-5-8(10(13)16)15-6(9(11)12)3-2-4-7(15)14-5/h2-4,9H,1H3,(H2,13,16). The van der Waals surface area contributed by atoms with Gasteiger partial charge in [0, 0.05) is 0 Å². The zero-order valence-corrected chi connectivity index (χ0v) is 8.45. The summed E-state index contributed by atoms with van der Waals surface area (Å²) in [5, 5.41) is 0. The van der Waals surface area contributed by atoms with Crippen molar-refractivity contribution in [2.45, 2.75) is 13.3 Å².